The molecule has 0 unspecified atom stereocenters. The van der Waals surface area contributed by atoms with Gasteiger partial charge in [0, 0.05) is 31.6 Å². The summed E-state index contributed by atoms with van der Waals surface area (Å²) < 4.78 is 0. The summed E-state index contributed by atoms with van der Waals surface area (Å²) in [5, 5.41) is 9.82. The van der Waals surface area contributed by atoms with Gasteiger partial charge in [-0.15, -0.1) is 0 Å². The summed E-state index contributed by atoms with van der Waals surface area (Å²) in [5.74, 6) is 0. The van der Waals surface area contributed by atoms with Crippen molar-refractivity contribution < 1.29 is 0 Å². The highest BCUT2D eigenvalue weighted by Gasteiger charge is 2.20. The zero-order chi connectivity index (χ0) is 13.2. The minimum Gasteiger partial charge on any atom is -0.367 e. The van der Waals surface area contributed by atoms with Gasteiger partial charge < -0.3 is 9.80 Å². The Bertz CT molecular complexity index is 573. The van der Waals surface area contributed by atoms with Crippen molar-refractivity contribution in [3.05, 3.63) is 30.0 Å². The molecule has 4 heteroatoms. The van der Waals surface area contributed by atoms with Gasteiger partial charge >= 0.3 is 0 Å². The Morgan fingerprint density at radius 2 is 1.79 bits per heavy atom. The van der Waals surface area contributed by atoms with Gasteiger partial charge in [0.25, 0.3) is 0 Å². The fraction of sp³-hybridized carbons (Fsp3) is 0.467. The zero-order valence-corrected chi connectivity index (χ0v) is 11.6. The maximum Gasteiger partial charge on any atom is 0.0950 e. The molecule has 2 heterocycles. The lowest BCUT2D eigenvalue weighted by atomic mass is 10.1. The van der Waals surface area contributed by atoms with Crippen LogP contribution in [0.15, 0.2) is 24.3 Å². The molecule has 19 heavy (non-hydrogen) atoms. The molecule has 3 rings (SSSR count). The molecule has 0 saturated carbocycles. The van der Waals surface area contributed by atoms with Crippen LogP contribution in [0.1, 0.15) is 12.6 Å². The minimum absolute atomic E-state index is 0.987. The van der Waals surface area contributed by atoms with Crippen LogP contribution in [0.2, 0.25) is 0 Å². The monoisotopic (exact) mass is 256 g/mol. The number of piperazine rings is 1. The van der Waals surface area contributed by atoms with E-state index in [1.54, 1.807) is 0 Å². The molecule has 0 radical (unpaired) electrons. The predicted molar refractivity (Wildman–Crippen MR) is 78.6 cm³/mol. The maximum atomic E-state index is 4.32. The van der Waals surface area contributed by atoms with Crippen molar-refractivity contribution in [2.75, 3.05) is 37.6 Å². The lowest BCUT2D eigenvalue weighted by molar-refractivity contribution is 0.271. The lowest BCUT2D eigenvalue weighted by Crippen LogP contribution is -2.46. The fourth-order valence-electron chi connectivity index (χ4n) is 2.82. The molecule has 100 valence electrons. The average Bonchev–Trinajstić information content (AvgIpc) is 2.47. The molecule has 1 aromatic carbocycles. The van der Waals surface area contributed by atoms with Gasteiger partial charge in [-0.1, -0.05) is 25.1 Å². The molecule has 4 nitrogen and oxygen atoms in total. The van der Waals surface area contributed by atoms with E-state index >= 15 is 0 Å². The van der Waals surface area contributed by atoms with Gasteiger partial charge in [0.15, 0.2) is 0 Å². The van der Waals surface area contributed by atoms with Gasteiger partial charge in [0.2, 0.25) is 0 Å². The Kier molecular flexibility index (Phi) is 3.34. The van der Waals surface area contributed by atoms with Crippen LogP contribution in [-0.2, 0) is 0 Å². The number of likely N-dealkylation sites (N-methyl/N-ethyl adjacent to an activating group) is 1. The first kappa shape index (κ1) is 12.4. The van der Waals surface area contributed by atoms with E-state index in [1.807, 2.05) is 12.1 Å². The molecular weight excluding hydrogens is 236 g/mol. The van der Waals surface area contributed by atoms with Crippen LogP contribution in [0.3, 0.4) is 0 Å². The van der Waals surface area contributed by atoms with E-state index in [0.29, 0.717) is 0 Å². The fourth-order valence-corrected chi connectivity index (χ4v) is 2.82. The van der Waals surface area contributed by atoms with E-state index in [2.05, 4.69) is 46.0 Å². The number of hydrogen-bond donors (Lipinski definition) is 0. The molecule has 0 bridgehead atoms. The third-order valence-corrected chi connectivity index (χ3v) is 3.95. The number of rotatable bonds is 2. The van der Waals surface area contributed by atoms with Crippen molar-refractivity contribution >= 4 is 16.6 Å². The molecule has 1 aliphatic rings. The van der Waals surface area contributed by atoms with Gasteiger partial charge in [-0.2, -0.15) is 10.2 Å². The minimum atomic E-state index is 0.987. The van der Waals surface area contributed by atoms with E-state index in [1.165, 1.54) is 11.1 Å². The quantitative estimate of drug-likeness (QED) is 0.823. The van der Waals surface area contributed by atoms with E-state index in [9.17, 15) is 0 Å². The van der Waals surface area contributed by atoms with Crippen LogP contribution in [0.5, 0.6) is 0 Å². The van der Waals surface area contributed by atoms with Crippen LogP contribution in [0.25, 0.3) is 10.9 Å². The first-order chi connectivity index (χ1) is 9.29. The highest BCUT2D eigenvalue weighted by Crippen LogP contribution is 2.28. The molecule has 0 spiro atoms. The number of anilines is 1. The molecule has 1 saturated heterocycles. The van der Waals surface area contributed by atoms with Crippen LogP contribution < -0.4 is 4.90 Å². The van der Waals surface area contributed by atoms with E-state index in [0.717, 1.165) is 43.9 Å². The number of benzene rings is 1. The summed E-state index contributed by atoms with van der Waals surface area (Å²) in [6.07, 6.45) is 0. The smallest absolute Gasteiger partial charge is 0.0950 e. The van der Waals surface area contributed by atoms with E-state index in [4.69, 9.17) is 0 Å². The van der Waals surface area contributed by atoms with E-state index < -0.39 is 0 Å². The van der Waals surface area contributed by atoms with Gasteiger partial charge in [-0.3, -0.25) is 0 Å². The average molecular weight is 256 g/mol. The summed E-state index contributed by atoms with van der Waals surface area (Å²) in [4.78, 5) is 4.95. The standard InChI is InChI=1S/C15H20N4/c1-3-18-8-10-19(11-9-18)15-12(2)16-17-14-7-5-4-6-13(14)15/h4-7H,3,8-11H2,1-2H3. The molecule has 1 fully saturated rings. The first-order valence-electron chi connectivity index (χ1n) is 6.99. The Hall–Kier alpha value is -1.68. The van der Waals surface area contributed by atoms with E-state index in [-0.39, 0.29) is 0 Å². The molecule has 1 aromatic heterocycles. The molecule has 0 N–H and O–H groups in total. The van der Waals surface area contributed by atoms with Crippen LogP contribution in [0, 0.1) is 6.92 Å². The third-order valence-electron chi connectivity index (χ3n) is 3.95. The summed E-state index contributed by atoms with van der Waals surface area (Å²) in [6, 6.07) is 8.28. The normalized spacial score (nSPS) is 17.1. The Morgan fingerprint density at radius 3 is 2.53 bits per heavy atom. The lowest BCUT2D eigenvalue weighted by Gasteiger charge is -2.36. The van der Waals surface area contributed by atoms with Crippen LogP contribution in [-0.4, -0.2) is 47.8 Å². The number of aromatic nitrogens is 2. The topological polar surface area (TPSA) is 32.3 Å². The van der Waals surface area contributed by atoms with Crippen molar-refractivity contribution in [1.82, 2.24) is 15.1 Å². The second-order valence-corrected chi connectivity index (χ2v) is 5.07. The van der Waals surface area contributed by atoms with Gasteiger partial charge in [-0.05, 0) is 19.5 Å². The van der Waals surface area contributed by atoms with Crippen molar-refractivity contribution in [3.63, 3.8) is 0 Å². The second kappa shape index (κ2) is 5.13. The maximum absolute atomic E-state index is 4.32. The molecule has 1 aliphatic heterocycles. The summed E-state index contributed by atoms with van der Waals surface area (Å²) in [7, 11) is 0. The highest BCUT2D eigenvalue weighted by molar-refractivity contribution is 5.92. The van der Waals surface area contributed by atoms with Crippen molar-refractivity contribution in [2.45, 2.75) is 13.8 Å². The summed E-state index contributed by atoms with van der Waals surface area (Å²) in [5.41, 5.74) is 3.28. The van der Waals surface area contributed by atoms with Crippen LogP contribution >= 0.6 is 0 Å². The molecule has 0 amide bonds. The highest BCUT2D eigenvalue weighted by atomic mass is 15.3. The summed E-state index contributed by atoms with van der Waals surface area (Å²) in [6.45, 7) is 9.83. The molecule has 0 atom stereocenters. The number of nitrogens with zero attached hydrogens (tertiary/aromatic N) is 4. The van der Waals surface area contributed by atoms with Crippen LogP contribution in [0.4, 0.5) is 5.69 Å². The molecule has 0 aliphatic carbocycles. The Balaban J connectivity index is 1.98. The number of fused-ring (bicyclic) bond motifs is 1. The largest absolute Gasteiger partial charge is 0.367 e. The third kappa shape index (κ3) is 2.28. The van der Waals surface area contributed by atoms with Gasteiger partial charge in [-0.25, -0.2) is 0 Å². The molecular formula is C15H20N4. The zero-order valence-electron chi connectivity index (χ0n) is 11.6. The second-order valence-electron chi connectivity index (χ2n) is 5.07. The Labute approximate surface area is 114 Å². The number of aryl methyl sites for hydroxylation is 1. The predicted octanol–water partition coefficient (Wildman–Crippen LogP) is 2.08. The van der Waals surface area contributed by atoms with Crippen molar-refractivity contribution in [2.24, 2.45) is 0 Å². The summed E-state index contributed by atoms with van der Waals surface area (Å²) >= 11 is 0. The SMILES string of the molecule is CCN1CCN(c2c(C)nnc3ccccc23)CC1. The van der Waals surface area contributed by atoms with Gasteiger partial charge in [0.05, 0.1) is 16.9 Å². The number of hydrogen-bond acceptors (Lipinski definition) is 4. The van der Waals surface area contributed by atoms with Gasteiger partial charge in [0.1, 0.15) is 0 Å². The first-order valence-corrected chi connectivity index (χ1v) is 6.99. The van der Waals surface area contributed by atoms with Crippen molar-refractivity contribution in [3.8, 4) is 0 Å². The van der Waals surface area contributed by atoms with Crippen molar-refractivity contribution in [1.29, 1.82) is 0 Å². The Morgan fingerprint density at radius 1 is 1.05 bits per heavy atom. The molecule has 2 aromatic rings.